The predicted octanol–water partition coefficient (Wildman–Crippen LogP) is 4.94. The van der Waals surface area contributed by atoms with Crippen molar-refractivity contribution < 1.29 is 22.7 Å². The van der Waals surface area contributed by atoms with E-state index in [4.69, 9.17) is 9.47 Å². The first-order valence-electron chi connectivity index (χ1n) is 9.99. The van der Waals surface area contributed by atoms with E-state index in [-0.39, 0.29) is 28.0 Å². The number of benzene rings is 2. The van der Waals surface area contributed by atoms with Crippen molar-refractivity contribution in [1.29, 1.82) is 0 Å². The van der Waals surface area contributed by atoms with Gasteiger partial charge in [0.05, 0.1) is 17.7 Å². The van der Waals surface area contributed by atoms with Crippen LogP contribution in [0, 0.1) is 6.92 Å². The van der Waals surface area contributed by atoms with Crippen molar-refractivity contribution in [2.24, 2.45) is 0 Å². The highest BCUT2D eigenvalue weighted by atomic mass is 32.2. The molecule has 4 rings (SSSR count). The van der Waals surface area contributed by atoms with E-state index in [1.54, 1.807) is 48.9 Å². The van der Waals surface area contributed by atoms with E-state index < -0.39 is 9.84 Å². The van der Waals surface area contributed by atoms with Gasteiger partial charge in [0.25, 0.3) is 0 Å². The van der Waals surface area contributed by atoms with Gasteiger partial charge in [-0.1, -0.05) is 36.4 Å². The summed E-state index contributed by atoms with van der Waals surface area (Å²) in [4.78, 5) is 13.7. The second-order valence-electron chi connectivity index (χ2n) is 7.47. The summed E-state index contributed by atoms with van der Waals surface area (Å²) in [6, 6.07) is 12.2. The summed E-state index contributed by atoms with van der Waals surface area (Å²) in [7, 11) is -2.22. The lowest BCUT2D eigenvalue weighted by Gasteiger charge is -2.24. The molecule has 8 heteroatoms. The molecule has 2 heterocycles. The van der Waals surface area contributed by atoms with Crippen molar-refractivity contribution in [3.63, 3.8) is 0 Å². The smallest absolute Gasteiger partial charge is 0.225 e. The van der Waals surface area contributed by atoms with Crippen LogP contribution in [-0.4, -0.2) is 28.0 Å². The summed E-state index contributed by atoms with van der Waals surface area (Å²) in [5, 5.41) is 4.40. The fraction of sp³-hybridized carbons (Fsp3) is 0.208. The molecule has 0 bridgehead atoms. The lowest BCUT2D eigenvalue weighted by Crippen LogP contribution is -2.23. The highest BCUT2D eigenvalue weighted by Crippen LogP contribution is 2.47. The fourth-order valence-corrected chi connectivity index (χ4v) is 6.59. The van der Waals surface area contributed by atoms with Crippen LogP contribution in [0.5, 0.6) is 11.5 Å². The Morgan fingerprint density at radius 2 is 1.94 bits per heavy atom. The van der Waals surface area contributed by atoms with Crippen LogP contribution in [0.2, 0.25) is 0 Å². The summed E-state index contributed by atoms with van der Waals surface area (Å²) in [5.41, 5.74) is 2.19. The largest absolute Gasteiger partial charge is 0.493 e. The average Bonchev–Trinajstić information content (AvgIpc) is 3.22. The van der Waals surface area contributed by atoms with Crippen molar-refractivity contribution in [2.45, 2.75) is 29.1 Å². The third kappa shape index (κ3) is 4.03. The van der Waals surface area contributed by atoms with Gasteiger partial charge in [0.1, 0.15) is 11.5 Å². The monoisotopic (exact) mass is 469 g/mol. The Morgan fingerprint density at radius 3 is 2.62 bits per heavy atom. The molecule has 1 aliphatic rings. The van der Waals surface area contributed by atoms with E-state index >= 15 is 0 Å². The van der Waals surface area contributed by atoms with Gasteiger partial charge >= 0.3 is 0 Å². The maximum absolute atomic E-state index is 13.3. The maximum atomic E-state index is 13.3. The van der Waals surface area contributed by atoms with Crippen LogP contribution in [0.3, 0.4) is 0 Å². The molecule has 32 heavy (non-hydrogen) atoms. The van der Waals surface area contributed by atoms with E-state index in [9.17, 15) is 13.2 Å². The molecule has 6 nitrogen and oxygen atoms in total. The van der Waals surface area contributed by atoms with E-state index in [1.807, 2.05) is 19.1 Å². The normalized spacial score (nSPS) is 15.6. The van der Waals surface area contributed by atoms with Crippen LogP contribution in [0.25, 0.3) is 0 Å². The first-order chi connectivity index (χ1) is 15.3. The lowest BCUT2D eigenvalue weighted by molar-refractivity contribution is -0.116. The molecule has 0 spiro atoms. The van der Waals surface area contributed by atoms with Gasteiger partial charge in [-0.15, -0.1) is 11.3 Å². The molecule has 1 N–H and O–H groups in total. The number of hydrogen-bond donors (Lipinski definition) is 1. The zero-order chi connectivity index (χ0) is 22.9. The van der Waals surface area contributed by atoms with Gasteiger partial charge in [-0.3, -0.25) is 4.79 Å². The number of carbonyl (C=O) groups excluding carboxylic acids is 1. The first kappa shape index (κ1) is 22.1. The number of aryl methyl sites for hydroxylation is 1. The number of rotatable bonds is 7. The number of methoxy groups -OCH3 is 1. The molecule has 1 amide bonds. The first-order valence-corrected chi connectivity index (χ1v) is 12.4. The van der Waals surface area contributed by atoms with Gasteiger partial charge in [-0.2, -0.15) is 0 Å². The SMILES string of the molecule is C=CCOc1ccc([C@H]2CC(=O)Nc3c(S(=O)(=O)c4ccc(C)cc4)csc32)cc1OC. The minimum absolute atomic E-state index is 0.123. The predicted molar refractivity (Wildman–Crippen MR) is 125 cm³/mol. The molecule has 1 aliphatic heterocycles. The fourth-order valence-electron chi connectivity index (χ4n) is 3.68. The van der Waals surface area contributed by atoms with Crippen LogP contribution in [-0.2, 0) is 14.6 Å². The number of anilines is 1. The molecule has 1 aromatic heterocycles. The number of thiophene rings is 1. The molecule has 166 valence electrons. The molecule has 0 radical (unpaired) electrons. The number of carbonyl (C=O) groups is 1. The van der Waals surface area contributed by atoms with Crippen LogP contribution in [0.4, 0.5) is 5.69 Å². The Bertz CT molecular complexity index is 1280. The second kappa shape index (κ2) is 8.80. The number of sulfone groups is 1. The van der Waals surface area contributed by atoms with Gasteiger partial charge in [0, 0.05) is 22.6 Å². The summed E-state index contributed by atoms with van der Waals surface area (Å²) in [5.74, 6) is 0.603. The van der Waals surface area contributed by atoms with Crippen LogP contribution in [0.1, 0.15) is 28.3 Å². The van der Waals surface area contributed by atoms with Crippen LogP contribution in [0.15, 0.2) is 70.3 Å². The van der Waals surface area contributed by atoms with E-state index in [0.29, 0.717) is 23.8 Å². The Hall–Kier alpha value is -3.10. The van der Waals surface area contributed by atoms with Crippen LogP contribution >= 0.6 is 11.3 Å². The molecule has 2 aromatic carbocycles. The summed E-state index contributed by atoms with van der Waals surface area (Å²) in [6.07, 6.45) is 1.86. The molecule has 0 aliphatic carbocycles. The van der Waals surface area contributed by atoms with Gasteiger partial charge in [-0.25, -0.2) is 8.42 Å². The summed E-state index contributed by atoms with van der Waals surface area (Å²) >= 11 is 1.33. The topological polar surface area (TPSA) is 81.7 Å². The van der Waals surface area contributed by atoms with Crippen LogP contribution < -0.4 is 14.8 Å². The van der Waals surface area contributed by atoms with Crippen molar-refractivity contribution in [3.05, 3.63) is 76.5 Å². The van der Waals surface area contributed by atoms with E-state index in [2.05, 4.69) is 11.9 Å². The van der Waals surface area contributed by atoms with Crippen molar-refractivity contribution in [3.8, 4) is 11.5 Å². The maximum Gasteiger partial charge on any atom is 0.225 e. The number of fused-ring (bicyclic) bond motifs is 1. The summed E-state index contributed by atoms with van der Waals surface area (Å²) in [6.45, 7) is 5.89. The molecule has 3 aromatic rings. The van der Waals surface area contributed by atoms with Crippen molar-refractivity contribution >= 4 is 32.8 Å². The molecule has 0 unspecified atom stereocenters. The Labute approximate surface area is 191 Å². The second-order valence-corrected chi connectivity index (χ2v) is 10.3. The molecule has 0 saturated carbocycles. The standard InChI is InChI=1S/C24H23NO5S2/c1-4-11-30-19-10-7-16(12-20(19)29-3)18-13-22(26)25-23-21(14-31-24(18)23)32(27,28)17-8-5-15(2)6-9-17/h4-10,12,14,18H,1,11,13H2,2-3H3,(H,25,26)/t18-/m1/s1. The van der Waals surface area contributed by atoms with Crippen molar-refractivity contribution in [1.82, 2.24) is 0 Å². The highest BCUT2D eigenvalue weighted by molar-refractivity contribution is 7.91. The number of amides is 1. The Kier molecular flexibility index (Phi) is 6.08. The third-order valence-electron chi connectivity index (χ3n) is 5.32. The van der Waals surface area contributed by atoms with E-state index in [0.717, 1.165) is 16.0 Å². The Morgan fingerprint density at radius 1 is 1.19 bits per heavy atom. The molecular weight excluding hydrogens is 446 g/mol. The number of hydrogen-bond acceptors (Lipinski definition) is 6. The quantitative estimate of drug-likeness (QED) is 0.496. The van der Waals surface area contributed by atoms with Gasteiger partial charge < -0.3 is 14.8 Å². The molecule has 0 fully saturated rings. The van der Waals surface area contributed by atoms with Crippen molar-refractivity contribution in [2.75, 3.05) is 19.0 Å². The Balaban J connectivity index is 1.76. The zero-order valence-corrected chi connectivity index (χ0v) is 19.4. The molecule has 0 saturated heterocycles. The van der Waals surface area contributed by atoms with Gasteiger partial charge in [-0.05, 0) is 36.8 Å². The zero-order valence-electron chi connectivity index (χ0n) is 17.8. The number of nitrogens with one attached hydrogen (secondary N) is 1. The molecular formula is C24H23NO5S2. The lowest BCUT2D eigenvalue weighted by atomic mass is 9.90. The summed E-state index contributed by atoms with van der Waals surface area (Å²) < 4.78 is 37.6. The minimum Gasteiger partial charge on any atom is -0.493 e. The van der Waals surface area contributed by atoms with Gasteiger partial charge in [0.15, 0.2) is 11.5 Å². The number of ether oxygens (including phenoxy) is 2. The molecule has 1 atom stereocenters. The van der Waals surface area contributed by atoms with Gasteiger partial charge in [0.2, 0.25) is 15.7 Å². The minimum atomic E-state index is -3.77. The highest BCUT2D eigenvalue weighted by Gasteiger charge is 2.34. The third-order valence-corrected chi connectivity index (χ3v) is 8.36. The average molecular weight is 470 g/mol. The van der Waals surface area contributed by atoms with E-state index in [1.165, 1.54) is 11.3 Å².